The molecule has 3 aromatic rings. The first-order valence-electron chi connectivity index (χ1n) is 8.09. The van der Waals surface area contributed by atoms with Gasteiger partial charge >= 0.3 is 5.97 Å². The number of imide groups is 1. The molecule has 0 aliphatic carbocycles. The smallest absolute Gasteiger partial charge is 0.323 e. The van der Waals surface area contributed by atoms with Gasteiger partial charge in [0, 0.05) is 5.69 Å². The lowest BCUT2D eigenvalue weighted by molar-refractivity contribution is -0.0590. The number of amides is 2. The molecule has 0 unspecified atom stereocenters. The van der Waals surface area contributed by atoms with Gasteiger partial charge < -0.3 is 4.84 Å². The maximum atomic E-state index is 13.3. The zero-order valence-electron chi connectivity index (χ0n) is 14.5. The second-order valence-electron chi connectivity index (χ2n) is 5.77. The van der Waals surface area contributed by atoms with E-state index in [0.717, 1.165) is 0 Å². The Hall–Kier alpha value is -3.46. The number of carbonyl (C=O) groups excluding carboxylic acids is 3. The van der Waals surface area contributed by atoms with E-state index in [1.54, 1.807) is 18.4 Å². The number of thioether (sulfide) groups is 1. The summed E-state index contributed by atoms with van der Waals surface area (Å²) < 4.78 is 14.7. The molecule has 9 heteroatoms. The molecule has 28 heavy (non-hydrogen) atoms. The van der Waals surface area contributed by atoms with Crippen molar-refractivity contribution in [3.05, 3.63) is 77.4 Å². The maximum absolute atomic E-state index is 13.3. The second-order valence-corrected chi connectivity index (χ2v) is 6.54. The van der Waals surface area contributed by atoms with Crippen molar-refractivity contribution in [2.24, 2.45) is 0 Å². The van der Waals surface area contributed by atoms with E-state index < -0.39 is 23.6 Å². The van der Waals surface area contributed by atoms with E-state index in [0.29, 0.717) is 15.9 Å². The van der Waals surface area contributed by atoms with Crippen LogP contribution in [0.25, 0.3) is 5.69 Å². The number of hydroxylamine groups is 2. The molecule has 2 heterocycles. The summed E-state index contributed by atoms with van der Waals surface area (Å²) >= 11 is 1.27. The molecule has 0 radical (unpaired) electrons. The van der Waals surface area contributed by atoms with Gasteiger partial charge in [-0.1, -0.05) is 29.0 Å². The highest BCUT2D eigenvalue weighted by Crippen LogP contribution is 2.26. The van der Waals surface area contributed by atoms with Crippen molar-refractivity contribution >= 4 is 29.5 Å². The highest BCUT2D eigenvalue weighted by Gasteiger charge is 2.39. The van der Waals surface area contributed by atoms with E-state index in [9.17, 15) is 18.8 Å². The van der Waals surface area contributed by atoms with E-state index in [-0.39, 0.29) is 16.8 Å². The van der Waals surface area contributed by atoms with Gasteiger partial charge in [0.2, 0.25) is 0 Å². The van der Waals surface area contributed by atoms with Crippen LogP contribution in [0.15, 0.2) is 59.9 Å². The van der Waals surface area contributed by atoms with E-state index in [1.165, 1.54) is 58.9 Å². The van der Waals surface area contributed by atoms with Gasteiger partial charge in [0.25, 0.3) is 11.8 Å². The number of nitrogens with zero attached hydrogens (tertiary/aromatic N) is 3. The Bertz CT molecular complexity index is 1080. The minimum Gasteiger partial charge on any atom is -0.323 e. The lowest BCUT2D eigenvalue weighted by Crippen LogP contribution is -2.33. The van der Waals surface area contributed by atoms with Crippen molar-refractivity contribution in [2.75, 3.05) is 6.26 Å². The van der Waals surface area contributed by atoms with Gasteiger partial charge in [-0.2, -0.15) is 0 Å². The fourth-order valence-corrected chi connectivity index (χ4v) is 3.39. The average molecular weight is 397 g/mol. The van der Waals surface area contributed by atoms with Crippen molar-refractivity contribution in [1.29, 1.82) is 0 Å². The molecule has 0 bridgehead atoms. The molecule has 7 nitrogen and oxygen atoms in total. The zero-order chi connectivity index (χ0) is 19.8. The molecule has 0 fully saturated rings. The molecular formula is C19H12FN3O4S. The van der Waals surface area contributed by atoms with Crippen molar-refractivity contribution < 1.29 is 23.6 Å². The number of halogens is 1. The fraction of sp³-hybridized carbons (Fsp3) is 0.0526. The van der Waals surface area contributed by atoms with Gasteiger partial charge in [-0.15, -0.1) is 0 Å². The van der Waals surface area contributed by atoms with Crippen LogP contribution in [0.4, 0.5) is 4.39 Å². The summed E-state index contributed by atoms with van der Waals surface area (Å²) in [5, 5.41) is 0.897. The van der Waals surface area contributed by atoms with E-state index in [1.807, 2.05) is 0 Å². The summed E-state index contributed by atoms with van der Waals surface area (Å²) in [6.45, 7) is 0. The van der Waals surface area contributed by atoms with Crippen LogP contribution in [0.3, 0.4) is 0 Å². The number of hydrogen-bond acceptors (Lipinski definition) is 6. The molecule has 140 valence electrons. The van der Waals surface area contributed by atoms with Crippen LogP contribution in [0.2, 0.25) is 0 Å². The fourth-order valence-electron chi connectivity index (χ4n) is 2.84. The molecule has 2 amide bonds. The highest BCUT2D eigenvalue weighted by molar-refractivity contribution is 7.98. The van der Waals surface area contributed by atoms with Crippen LogP contribution in [0, 0.1) is 5.82 Å². The largest absolute Gasteiger partial charge is 0.382 e. The quantitative estimate of drug-likeness (QED) is 0.497. The van der Waals surface area contributed by atoms with Crippen molar-refractivity contribution in [3.63, 3.8) is 0 Å². The Kier molecular flexibility index (Phi) is 4.44. The number of aromatic nitrogens is 2. The number of hydrogen-bond donors (Lipinski definition) is 0. The topological polar surface area (TPSA) is 81.5 Å². The molecule has 0 saturated heterocycles. The van der Waals surface area contributed by atoms with Crippen LogP contribution in [-0.2, 0) is 4.84 Å². The first-order chi connectivity index (χ1) is 13.5. The lowest BCUT2D eigenvalue weighted by Gasteiger charge is -2.14. The molecule has 1 aromatic heterocycles. The summed E-state index contributed by atoms with van der Waals surface area (Å²) in [6.07, 6.45) is 3.04. The molecule has 1 aliphatic heterocycles. The van der Waals surface area contributed by atoms with Gasteiger partial charge in [0.15, 0.2) is 10.9 Å². The van der Waals surface area contributed by atoms with Crippen LogP contribution in [-0.4, -0.2) is 38.7 Å². The normalized spacial score (nSPS) is 13.0. The van der Waals surface area contributed by atoms with Crippen LogP contribution >= 0.6 is 11.8 Å². The molecular weight excluding hydrogens is 385 g/mol. The first-order valence-corrected chi connectivity index (χ1v) is 9.31. The summed E-state index contributed by atoms with van der Waals surface area (Å²) in [6, 6.07) is 11.7. The highest BCUT2D eigenvalue weighted by atomic mass is 32.2. The zero-order valence-corrected chi connectivity index (χ0v) is 15.3. The number of benzene rings is 2. The minimum atomic E-state index is -0.938. The van der Waals surface area contributed by atoms with E-state index in [2.05, 4.69) is 4.98 Å². The number of carbonyl (C=O) groups is 3. The standard InChI is InChI=1S/C19H12FN3O4S/c1-28-19-21-10-15(22(19)12-8-6-11(20)7-9-12)18(26)27-23-16(24)13-4-2-3-5-14(13)17(23)25/h2-10H,1H3. The Morgan fingerprint density at radius 3 is 2.21 bits per heavy atom. The number of rotatable bonds is 4. The number of fused-ring (bicyclic) bond motifs is 1. The van der Waals surface area contributed by atoms with Crippen molar-refractivity contribution in [1.82, 2.24) is 14.6 Å². The molecule has 0 atom stereocenters. The van der Waals surface area contributed by atoms with Gasteiger partial charge in [-0.25, -0.2) is 14.2 Å². The Morgan fingerprint density at radius 2 is 1.64 bits per heavy atom. The summed E-state index contributed by atoms with van der Waals surface area (Å²) in [7, 11) is 0. The average Bonchev–Trinajstić information content (AvgIpc) is 3.24. The third kappa shape index (κ3) is 2.85. The predicted molar refractivity (Wildman–Crippen MR) is 97.7 cm³/mol. The van der Waals surface area contributed by atoms with Gasteiger partial charge in [0.05, 0.1) is 17.3 Å². The molecule has 1 aliphatic rings. The van der Waals surface area contributed by atoms with Gasteiger partial charge in [-0.05, 0) is 42.7 Å². The third-order valence-corrected chi connectivity index (χ3v) is 4.79. The Labute approximate surface area is 162 Å². The van der Waals surface area contributed by atoms with Crippen molar-refractivity contribution in [2.45, 2.75) is 5.16 Å². The maximum Gasteiger partial charge on any atom is 0.382 e. The molecule has 4 rings (SSSR count). The van der Waals surface area contributed by atoms with Crippen molar-refractivity contribution in [3.8, 4) is 5.69 Å². The summed E-state index contributed by atoms with van der Waals surface area (Å²) in [5.74, 6) is -2.80. The monoisotopic (exact) mass is 397 g/mol. The summed E-state index contributed by atoms with van der Waals surface area (Å²) in [5.41, 5.74) is 0.805. The summed E-state index contributed by atoms with van der Waals surface area (Å²) in [4.78, 5) is 46.7. The second kappa shape index (κ2) is 6.93. The van der Waals surface area contributed by atoms with Gasteiger partial charge in [-0.3, -0.25) is 14.2 Å². The molecule has 2 aromatic carbocycles. The van der Waals surface area contributed by atoms with Gasteiger partial charge in [0.1, 0.15) is 5.82 Å². The third-order valence-electron chi connectivity index (χ3n) is 4.14. The SMILES string of the molecule is CSc1ncc(C(=O)ON2C(=O)c3ccccc3C2=O)n1-c1ccc(F)cc1. The van der Waals surface area contributed by atoms with Crippen LogP contribution < -0.4 is 0 Å². The van der Waals surface area contributed by atoms with E-state index in [4.69, 9.17) is 4.84 Å². The van der Waals surface area contributed by atoms with E-state index >= 15 is 0 Å². The van der Waals surface area contributed by atoms with Crippen LogP contribution in [0.1, 0.15) is 31.2 Å². The minimum absolute atomic E-state index is 0.00693. The Balaban J connectivity index is 1.67. The molecule has 0 spiro atoms. The predicted octanol–water partition coefficient (Wildman–Crippen LogP) is 3.10. The van der Waals surface area contributed by atoms with Crippen LogP contribution in [0.5, 0.6) is 0 Å². The molecule has 0 N–H and O–H groups in total. The lowest BCUT2D eigenvalue weighted by atomic mass is 10.1. The Morgan fingerprint density at radius 1 is 1.04 bits per heavy atom. The molecule has 0 saturated carbocycles. The first kappa shape index (κ1) is 17.9. The number of imidazole rings is 1.